The van der Waals surface area contributed by atoms with Crippen LogP contribution in [0, 0.1) is 14.9 Å². The SMILES string of the molecule is N#CCc1ccc2cc(I)c3ccccc3c2c1. The Hall–Kier alpha value is -1.60. The van der Waals surface area contributed by atoms with Crippen molar-refractivity contribution < 1.29 is 0 Å². The van der Waals surface area contributed by atoms with Gasteiger partial charge in [-0.1, -0.05) is 36.4 Å². The second-order valence-electron chi connectivity index (χ2n) is 4.29. The molecule has 3 aromatic carbocycles. The summed E-state index contributed by atoms with van der Waals surface area (Å²) in [4.78, 5) is 0. The van der Waals surface area contributed by atoms with E-state index in [1.165, 1.54) is 25.1 Å². The highest BCUT2D eigenvalue weighted by Gasteiger charge is 2.05. The zero-order valence-corrected chi connectivity index (χ0v) is 11.8. The van der Waals surface area contributed by atoms with Crippen molar-refractivity contribution in [2.45, 2.75) is 6.42 Å². The van der Waals surface area contributed by atoms with Gasteiger partial charge in [0.1, 0.15) is 0 Å². The zero-order valence-electron chi connectivity index (χ0n) is 9.65. The molecule has 0 aliphatic heterocycles. The van der Waals surface area contributed by atoms with E-state index in [9.17, 15) is 0 Å². The maximum absolute atomic E-state index is 8.80. The lowest BCUT2D eigenvalue weighted by Crippen LogP contribution is -1.85. The van der Waals surface area contributed by atoms with Crippen molar-refractivity contribution in [1.29, 1.82) is 5.26 Å². The standard InChI is InChI=1S/C16H10IN/c17-16-10-12-6-5-11(7-8-18)9-15(12)13-3-1-2-4-14(13)16/h1-6,9-10H,7H2. The third-order valence-electron chi connectivity index (χ3n) is 3.16. The van der Waals surface area contributed by atoms with Crippen LogP contribution in [-0.4, -0.2) is 0 Å². The van der Waals surface area contributed by atoms with E-state index < -0.39 is 0 Å². The minimum Gasteiger partial charge on any atom is -0.198 e. The van der Waals surface area contributed by atoms with Gasteiger partial charge in [0.2, 0.25) is 0 Å². The van der Waals surface area contributed by atoms with Crippen LogP contribution >= 0.6 is 22.6 Å². The van der Waals surface area contributed by atoms with Gasteiger partial charge in [0.25, 0.3) is 0 Å². The first-order valence-corrected chi connectivity index (χ1v) is 6.84. The first kappa shape index (κ1) is 11.5. The Bertz CT molecular complexity index is 784. The van der Waals surface area contributed by atoms with Crippen molar-refractivity contribution in [3.05, 3.63) is 57.7 Å². The Labute approximate surface area is 119 Å². The number of benzene rings is 3. The molecule has 0 atom stereocenters. The zero-order chi connectivity index (χ0) is 12.5. The van der Waals surface area contributed by atoms with Gasteiger partial charge in [0.05, 0.1) is 12.5 Å². The fraction of sp³-hybridized carbons (Fsp3) is 0.0625. The minimum absolute atomic E-state index is 0.469. The number of nitrogens with zero attached hydrogens (tertiary/aromatic N) is 1. The summed E-state index contributed by atoms with van der Waals surface area (Å²) in [6.07, 6.45) is 0.469. The summed E-state index contributed by atoms with van der Waals surface area (Å²) < 4.78 is 1.27. The van der Waals surface area contributed by atoms with Crippen LogP contribution in [0.2, 0.25) is 0 Å². The van der Waals surface area contributed by atoms with Gasteiger partial charge in [-0.15, -0.1) is 0 Å². The lowest BCUT2D eigenvalue weighted by atomic mass is 9.99. The van der Waals surface area contributed by atoms with E-state index in [0.717, 1.165) is 5.56 Å². The second-order valence-corrected chi connectivity index (χ2v) is 5.46. The molecule has 0 aromatic heterocycles. The van der Waals surface area contributed by atoms with Crippen molar-refractivity contribution in [1.82, 2.24) is 0 Å². The summed E-state index contributed by atoms with van der Waals surface area (Å²) in [5.74, 6) is 0. The number of hydrogen-bond acceptors (Lipinski definition) is 1. The van der Waals surface area contributed by atoms with Crippen molar-refractivity contribution in [3.63, 3.8) is 0 Å². The lowest BCUT2D eigenvalue weighted by Gasteiger charge is -2.07. The van der Waals surface area contributed by atoms with Crippen LogP contribution in [0.25, 0.3) is 21.5 Å². The first-order chi connectivity index (χ1) is 8.79. The van der Waals surface area contributed by atoms with Crippen LogP contribution in [0.1, 0.15) is 5.56 Å². The highest BCUT2D eigenvalue weighted by Crippen LogP contribution is 2.30. The average Bonchev–Trinajstić information content (AvgIpc) is 2.40. The molecule has 1 nitrogen and oxygen atoms in total. The van der Waals surface area contributed by atoms with Crippen molar-refractivity contribution >= 4 is 44.1 Å². The van der Waals surface area contributed by atoms with Crippen LogP contribution in [0.3, 0.4) is 0 Å². The molecule has 0 fully saturated rings. The van der Waals surface area contributed by atoms with Crippen LogP contribution in [0.15, 0.2) is 48.5 Å². The van der Waals surface area contributed by atoms with Gasteiger partial charge in [-0.2, -0.15) is 5.26 Å². The van der Waals surface area contributed by atoms with Crippen molar-refractivity contribution in [2.24, 2.45) is 0 Å². The third-order valence-corrected chi connectivity index (χ3v) is 4.05. The molecule has 0 saturated heterocycles. The molecule has 0 bridgehead atoms. The first-order valence-electron chi connectivity index (χ1n) is 5.76. The normalized spacial score (nSPS) is 10.7. The predicted octanol–water partition coefficient (Wildman–Crippen LogP) is 4.66. The average molecular weight is 343 g/mol. The molecular formula is C16H10IN. The maximum atomic E-state index is 8.80. The van der Waals surface area contributed by atoms with E-state index in [2.05, 4.69) is 71.1 Å². The summed E-state index contributed by atoms with van der Waals surface area (Å²) in [6, 6.07) is 19.1. The van der Waals surface area contributed by atoms with Crippen LogP contribution in [0.4, 0.5) is 0 Å². The van der Waals surface area contributed by atoms with Gasteiger partial charge < -0.3 is 0 Å². The molecule has 0 amide bonds. The minimum atomic E-state index is 0.469. The summed E-state index contributed by atoms with van der Waals surface area (Å²) in [5.41, 5.74) is 1.08. The summed E-state index contributed by atoms with van der Waals surface area (Å²) >= 11 is 2.38. The van der Waals surface area contributed by atoms with E-state index >= 15 is 0 Å². The van der Waals surface area contributed by atoms with Gasteiger partial charge in [-0.25, -0.2) is 0 Å². The Kier molecular flexibility index (Phi) is 2.92. The van der Waals surface area contributed by atoms with Gasteiger partial charge in [0.15, 0.2) is 0 Å². The predicted molar refractivity (Wildman–Crippen MR) is 83.5 cm³/mol. The van der Waals surface area contributed by atoms with Gasteiger partial charge in [-0.3, -0.25) is 0 Å². The van der Waals surface area contributed by atoms with Crippen LogP contribution < -0.4 is 0 Å². The Morgan fingerprint density at radius 3 is 2.50 bits per heavy atom. The van der Waals surface area contributed by atoms with Crippen molar-refractivity contribution in [2.75, 3.05) is 0 Å². The molecule has 0 N–H and O–H groups in total. The van der Waals surface area contributed by atoms with Crippen LogP contribution in [0.5, 0.6) is 0 Å². The Morgan fingerprint density at radius 2 is 1.72 bits per heavy atom. The lowest BCUT2D eigenvalue weighted by molar-refractivity contribution is 1.27. The van der Waals surface area contributed by atoms with Gasteiger partial charge in [0, 0.05) is 3.57 Å². The molecule has 0 aliphatic rings. The molecule has 0 heterocycles. The maximum Gasteiger partial charge on any atom is 0.0669 e. The molecule has 0 aliphatic carbocycles. The molecular weight excluding hydrogens is 333 g/mol. The largest absolute Gasteiger partial charge is 0.198 e. The summed E-state index contributed by atoms with van der Waals surface area (Å²) in [6.45, 7) is 0. The molecule has 2 heteroatoms. The number of hydrogen-bond donors (Lipinski definition) is 0. The van der Waals surface area contributed by atoms with E-state index in [1.54, 1.807) is 0 Å². The highest BCUT2D eigenvalue weighted by molar-refractivity contribution is 14.1. The molecule has 18 heavy (non-hydrogen) atoms. The molecule has 3 rings (SSSR count). The van der Waals surface area contributed by atoms with E-state index in [1.807, 2.05) is 6.07 Å². The van der Waals surface area contributed by atoms with Crippen molar-refractivity contribution in [3.8, 4) is 6.07 Å². The highest BCUT2D eigenvalue weighted by atomic mass is 127. The second kappa shape index (κ2) is 4.58. The van der Waals surface area contributed by atoms with Gasteiger partial charge >= 0.3 is 0 Å². The smallest absolute Gasteiger partial charge is 0.0669 e. The number of fused-ring (bicyclic) bond motifs is 3. The Morgan fingerprint density at radius 1 is 0.944 bits per heavy atom. The molecule has 86 valence electrons. The van der Waals surface area contributed by atoms with E-state index in [4.69, 9.17) is 5.26 Å². The molecule has 3 aromatic rings. The van der Waals surface area contributed by atoms with Crippen LogP contribution in [-0.2, 0) is 6.42 Å². The molecule has 0 saturated carbocycles. The monoisotopic (exact) mass is 343 g/mol. The molecule has 0 radical (unpaired) electrons. The topological polar surface area (TPSA) is 23.8 Å². The van der Waals surface area contributed by atoms with Gasteiger partial charge in [-0.05, 0) is 61.8 Å². The number of rotatable bonds is 1. The van der Waals surface area contributed by atoms with E-state index in [0.29, 0.717) is 6.42 Å². The summed E-state index contributed by atoms with van der Waals surface area (Å²) in [7, 11) is 0. The number of nitriles is 1. The molecule has 0 spiro atoms. The quantitative estimate of drug-likeness (QED) is 0.466. The number of halogens is 1. The summed E-state index contributed by atoms with van der Waals surface area (Å²) in [5, 5.41) is 13.8. The Balaban J connectivity index is 2.43. The third kappa shape index (κ3) is 1.85. The fourth-order valence-corrected chi connectivity index (χ4v) is 3.11. The molecule has 0 unspecified atom stereocenters. The fourth-order valence-electron chi connectivity index (χ4n) is 2.30. The van der Waals surface area contributed by atoms with E-state index in [-0.39, 0.29) is 0 Å².